The van der Waals surface area contributed by atoms with Crippen LogP contribution in [0, 0.1) is 11.3 Å². The van der Waals surface area contributed by atoms with Crippen molar-refractivity contribution in [2.24, 2.45) is 22.8 Å². The molecule has 1 aliphatic rings. The Bertz CT molecular complexity index is 281. The fraction of sp³-hybridized carbons (Fsp3) is 0.800. The van der Waals surface area contributed by atoms with Gasteiger partial charge in [-0.3, -0.25) is 9.59 Å². The zero-order valence-corrected chi connectivity index (χ0v) is 10.5. The van der Waals surface area contributed by atoms with E-state index in [1.54, 1.807) is 0 Å². The highest BCUT2D eigenvalue weighted by Gasteiger charge is 2.45. The lowest BCUT2D eigenvalue weighted by molar-refractivity contribution is -0.126. The molecule has 0 spiro atoms. The maximum absolute atomic E-state index is 11.4. The molecule has 0 aromatic rings. The summed E-state index contributed by atoms with van der Waals surface area (Å²) in [5.74, 6) is -0.317. The van der Waals surface area contributed by atoms with E-state index in [2.05, 4.69) is 19.2 Å². The molecule has 2 amide bonds. The van der Waals surface area contributed by atoms with Crippen LogP contribution in [0.25, 0.3) is 0 Å². The summed E-state index contributed by atoms with van der Waals surface area (Å²) >= 11 is 0. The molecule has 0 saturated heterocycles. The van der Waals surface area contributed by atoms with E-state index in [-0.39, 0.29) is 24.7 Å². The Hall–Kier alpha value is -0.810. The molecule has 0 radical (unpaired) electrons. The molecule has 0 aromatic heterocycles. The second-order valence-corrected chi connectivity index (χ2v) is 4.91. The number of amides is 2. The molecule has 1 fully saturated rings. The van der Waals surface area contributed by atoms with Crippen LogP contribution in [0.2, 0.25) is 0 Å². The van der Waals surface area contributed by atoms with E-state index in [1.807, 2.05) is 0 Å². The SMILES string of the molecule is CC1(C)CC1CNC(=O)C(N)CC(N)=O.Cl. The minimum atomic E-state index is -0.815. The molecule has 1 saturated carbocycles. The van der Waals surface area contributed by atoms with Crippen LogP contribution < -0.4 is 16.8 Å². The summed E-state index contributed by atoms with van der Waals surface area (Å²) in [6, 6.07) is -0.815. The van der Waals surface area contributed by atoms with Crippen LogP contribution >= 0.6 is 12.4 Å². The predicted octanol–water partition coefficient (Wildman–Crippen LogP) is -0.227. The van der Waals surface area contributed by atoms with Gasteiger partial charge in [-0.25, -0.2) is 0 Å². The molecule has 2 atom stereocenters. The fourth-order valence-electron chi connectivity index (χ4n) is 1.59. The summed E-state index contributed by atoms with van der Waals surface area (Å²) in [5.41, 5.74) is 10.8. The minimum Gasteiger partial charge on any atom is -0.370 e. The van der Waals surface area contributed by atoms with Gasteiger partial charge in [0.25, 0.3) is 0 Å². The summed E-state index contributed by atoms with van der Waals surface area (Å²) in [6.07, 6.45) is 1.03. The Morgan fingerprint density at radius 3 is 2.38 bits per heavy atom. The summed E-state index contributed by atoms with van der Waals surface area (Å²) in [7, 11) is 0. The Labute approximate surface area is 102 Å². The van der Waals surface area contributed by atoms with Crippen molar-refractivity contribution in [2.45, 2.75) is 32.7 Å². The highest BCUT2D eigenvalue weighted by atomic mass is 35.5. The Morgan fingerprint density at radius 1 is 1.50 bits per heavy atom. The lowest BCUT2D eigenvalue weighted by atomic mass is 10.1. The maximum atomic E-state index is 11.4. The van der Waals surface area contributed by atoms with E-state index in [1.165, 1.54) is 0 Å². The van der Waals surface area contributed by atoms with Gasteiger partial charge < -0.3 is 16.8 Å². The third kappa shape index (κ3) is 4.37. The van der Waals surface area contributed by atoms with E-state index in [0.717, 1.165) is 6.42 Å². The first-order chi connectivity index (χ1) is 6.83. The van der Waals surface area contributed by atoms with Crippen LogP contribution in [0.3, 0.4) is 0 Å². The first kappa shape index (κ1) is 15.2. The highest BCUT2D eigenvalue weighted by molar-refractivity contribution is 5.87. The van der Waals surface area contributed by atoms with E-state index >= 15 is 0 Å². The van der Waals surface area contributed by atoms with Crippen LogP contribution in [0.5, 0.6) is 0 Å². The van der Waals surface area contributed by atoms with Crippen molar-refractivity contribution in [3.8, 4) is 0 Å². The molecule has 0 bridgehead atoms. The summed E-state index contributed by atoms with van der Waals surface area (Å²) in [6.45, 7) is 4.96. The molecule has 0 aromatic carbocycles. The van der Waals surface area contributed by atoms with Crippen LogP contribution in [0.4, 0.5) is 0 Å². The first-order valence-electron chi connectivity index (χ1n) is 5.14. The van der Waals surface area contributed by atoms with E-state index in [9.17, 15) is 9.59 Å². The van der Waals surface area contributed by atoms with Gasteiger partial charge in [0.15, 0.2) is 0 Å². The number of hydrogen-bond acceptors (Lipinski definition) is 3. The second-order valence-electron chi connectivity index (χ2n) is 4.91. The number of nitrogens with two attached hydrogens (primary N) is 2. The second kappa shape index (κ2) is 5.50. The van der Waals surface area contributed by atoms with Gasteiger partial charge in [-0.2, -0.15) is 0 Å². The van der Waals surface area contributed by atoms with Crippen molar-refractivity contribution in [1.82, 2.24) is 5.32 Å². The van der Waals surface area contributed by atoms with Gasteiger partial charge in [0.05, 0.1) is 12.5 Å². The summed E-state index contributed by atoms with van der Waals surface area (Å²) in [5, 5.41) is 2.73. The molecule has 0 heterocycles. The molecular weight excluding hydrogens is 230 g/mol. The molecule has 6 heteroatoms. The van der Waals surface area contributed by atoms with Crippen LogP contribution in [-0.4, -0.2) is 24.4 Å². The third-order valence-electron chi connectivity index (χ3n) is 3.00. The summed E-state index contributed by atoms with van der Waals surface area (Å²) in [4.78, 5) is 21.9. The van der Waals surface area contributed by atoms with Crippen LogP contribution in [0.15, 0.2) is 0 Å². The van der Waals surface area contributed by atoms with Crippen molar-refractivity contribution >= 4 is 24.2 Å². The van der Waals surface area contributed by atoms with E-state index < -0.39 is 11.9 Å². The molecule has 16 heavy (non-hydrogen) atoms. The number of carbonyl (C=O) groups excluding carboxylic acids is 2. The number of halogens is 1. The zero-order chi connectivity index (χ0) is 11.6. The zero-order valence-electron chi connectivity index (χ0n) is 9.66. The Morgan fingerprint density at radius 2 is 2.00 bits per heavy atom. The van der Waals surface area contributed by atoms with E-state index in [0.29, 0.717) is 17.9 Å². The van der Waals surface area contributed by atoms with Gasteiger partial charge in [-0.05, 0) is 17.8 Å². The average Bonchev–Trinajstić information content (AvgIpc) is 2.68. The number of carbonyl (C=O) groups is 2. The molecule has 5 nitrogen and oxygen atoms in total. The lowest BCUT2D eigenvalue weighted by Gasteiger charge is -2.11. The quantitative estimate of drug-likeness (QED) is 0.628. The normalized spacial score (nSPS) is 22.8. The van der Waals surface area contributed by atoms with Crippen LogP contribution in [-0.2, 0) is 9.59 Å². The van der Waals surface area contributed by atoms with Crippen LogP contribution in [0.1, 0.15) is 26.7 Å². The highest BCUT2D eigenvalue weighted by Crippen LogP contribution is 2.50. The number of nitrogens with one attached hydrogen (secondary N) is 1. The minimum absolute atomic E-state index is 0. The van der Waals surface area contributed by atoms with Crippen molar-refractivity contribution in [1.29, 1.82) is 0 Å². The lowest BCUT2D eigenvalue weighted by Crippen LogP contribution is -2.43. The monoisotopic (exact) mass is 249 g/mol. The van der Waals surface area contributed by atoms with Gasteiger partial charge in [0.1, 0.15) is 0 Å². The van der Waals surface area contributed by atoms with Gasteiger partial charge in [-0.1, -0.05) is 13.8 Å². The first-order valence-corrected chi connectivity index (χ1v) is 5.14. The van der Waals surface area contributed by atoms with Crippen molar-refractivity contribution < 1.29 is 9.59 Å². The molecule has 1 rings (SSSR count). The molecule has 1 aliphatic carbocycles. The molecule has 2 unspecified atom stereocenters. The van der Waals surface area contributed by atoms with Crippen molar-refractivity contribution in [2.75, 3.05) is 6.54 Å². The topological polar surface area (TPSA) is 98.2 Å². The molecular formula is C10H20ClN3O2. The number of primary amides is 1. The van der Waals surface area contributed by atoms with Gasteiger partial charge >= 0.3 is 0 Å². The smallest absolute Gasteiger partial charge is 0.237 e. The Balaban J connectivity index is 0.00000225. The fourth-order valence-corrected chi connectivity index (χ4v) is 1.59. The third-order valence-corrected chi connectivity index (χ3v) is 3.00. The van der Waals surface area contributed by atoms with Crippen molar-refractivity contribution in [3.63, 3.8) is 0 Å². The van der Waals surface area contributed by atoms with E-state index in [4.69, 9.17) is 11.5 Å². The maximum Gasteiger partial charge on any atom is 0.237 e. The average molecular weight is 250 g/mol. The van der Waals surface area contributed by atoms with Gasteiger partial charge in [0.2, 0.25) is 11.8 Å². The number of hydrogen-bond donors (Lipinski definition) is 3. The molecule has 5 N–H and O–H groups in total. The largest absolute Gasteiger partial charge is 0.370 e. The summed E-state index contributed by atoms with van der Waals surface area (Å²) < 4.78 is 0. The Kier molecular flexibility index (Phi) is 5.22. The van der Waals surface area contributed by atoms with Gasteiger partial charge in [0, 0.05) is 6.54 Å². The van der Waals surface area contributed by atoms with Gasteiger partial charge in [-0.15, -0.1) is 12.4 Å². The van der Waals surface area contributed by atoms with Crippen molar-refractivity contribution in [3.05, 3.63) is 0 Å². The predicted molar refractivity (Wildman–Crippen MR) is 63.9 cm³/mol. The molecule has 94 valence electrons. The number of rotatable bonds is 5. The standard InChI is InChI=1S/C10H19N3O2.ClH/c1-10(2)4-6(10)5-13-9(15)7(11)3-8(12)14;/h6-7H,3-5,11H2,1-2H3,(H2,12,14)(H,13,15);1H. The molecule has 0 aliphatic heterocycles.